The van der Waals surface area contributed by atoms with E-state index < -0.39 is 58.0 Å². The van der Waals surface area contributed by atoms with Gasteiger partial charge in [0.15, 0.2) is 22.9 Å². The van der Waals surface area contributed by atoms with Gasteiger partial charge in [-0.1, -0.05) is 96.1 Å². The number of aromatic amines is 1. The molecule has 1 fully saturated rings. The molecule has 4 unspecified atom stereocenters. The molecule has 10 nitrogen and oxygen atoms in total. The van der Waals surface area contributed by atoms with E-state index in [9.17, 15) is 9.59 Å². The molecular weight excluding hydrogens is 717 g/mol. The molecular formula is C42H58N2O8Si2. The number of ether oxygens (including phenoxy) is 4. The molecule has 0 spiro atoms. The molecule has 4 aromatic rings. The number of methoxy groups -OCH3 is 2. The maximum Gasteiger partial charge on any atom is 0.330 e. The summed E-state index contributed by atoms with van der Waals surface area (Å²) in [5.74, 6) is 1.37. The maximum atomic E-state index is 13.7. The van der Waals surface area contributed by atoms with Gasteiger partial charge in [0.1, 0.15) is 35.4 Å². The van der Waals surface area contributed by atoms with E-state index in [0.29, 0.717) is 11.5 Å². The van der Waals surface area contributed by atoms with Gasteiger partial charge in [-0.3, -0.25) is 14.3 Å². The molecule has 1 aromatic heterocycles. The first-order chi connectivity index (χ1) is 25.2. The van der Waals surface area contributed by atoms with Gasteiger partial charge < -0.3 is 27.8 Å². The van der Waals surface area contributed by atoms with Gasteiger partial charge in [-0.2, -0.15) is 0 Å². The molecule has 12 heteroatoms. The van der Waals surface area contributed by atoms with Crippen LogP contribution in [0.3, 0.4) is 0 Å². The third-order valence-corrected chi connectivity index (χ3v) is 20.5. The SMILES string of the molecule is COc1ccc(C(OCc2ccccc2)(c2ccc(OC)cc2)C2OC(n3ccc(=O)[nH]c3=O)C(O[Si](C)(C)C(C)(C)C)C2O[Si](C)(C)C(C)(C)C)cc1. The first-order valence-electron chi connectivity index (χ1n) is 18.5. The zero-order valence-electron chi connectivity index (χ0n) is 33.9. The van der Waals surface area contributed by atoms with Gasteiger partial charge in [0.25, 0.3) is 5.56 Å². The first kappa shape index (κ1) is 41.4. The van der Waals surface area contributed by atoms with Crippen molar-refractivity contribution in [1.82, 2.24) is 9.55 Å². The number of aromatic nitrogens is 2. The van der Waals surface area contributed by atoms with Crippen molar-refractivity contribution in [2.24, 2.45) is 0 Å². The minimum atomic E-state index is -2.61. The van der Waals surface area contributed by atoms with E-state index in [1.807, 2.05) is 78.9 Å². The molecule has 0 saturated carbocycles. The summed E-state index contributed by atoms with van der Waals surface area (Å²) >= 11 is 0. The molecule has 2 heterocycles. The highest BCUT2D eigenvalue weighted by Crippen LogP contribution is 2.52. The average molecular weight is 775 g/mol. The van der Waals surface area contributed by atoms with Gasteiger partial charge in [-0.15, -0.1) is 0 Å². The lowest BCUT2D eigenvalue weighted by atomic mass is 9.78. The normalized spacial score (nSPS) is 19.9. The highest BCUT2D eigenvalue weighted by Gasteiger charge is 2.61. The smallest absolute Gasteiger partial charge is 0.330 e. The summed E-state index contributed by atoms with van der Waals surface area (Å²) in [6.07, 6.45) is -1.91. The number of nitrogens with one attached hydrogen (secondary N) is 1. The molecule has 0 radical (unpaired) electrons. The maximum absolute atomic E-state index is 13.7. The lowest BCUT2D eigenvalue weighted by molar-refractivity contribution is -0.159. The zero-order chi connectivity index (χ0) is 39.7. The molecule has 0 amide bonds. The van der Waals surface area contributed by atoms with Crippen LogP contribution in [0.1, 0.15) is 64.5 Å². The van der Waals surface area contributed by atoms with Crippen molar-refractivity contribution < 1.29 is 27.8 Å². The van der Waals surface area contributed by atoms with Gasteiger partial charge in [-0.05, 0) is 77.2 Å². The van der Waals surface area contributed by atoms with Crippen LogP contribution in [0.15, 0.2) is 101 Å². The van der Waals surface area contributed by atoms with E-state index in [-0.39, 0.29) is 16.7 Å². The molecule has 0 aliphatic carbocycles. The number of benzene rings is 3. The van der Waals surface area contributed by atoms with E-state index >= 15 is 0 Å². The van der Waals surface area contributed by atoms with Gasteiger partial charge in [-0.25, -0.2) is 4.79 Å². The molecule has 3 aromatic carbocycles. The van der Waals surface area contributed by atoms with Crippen LogP contribution in [-0.2, 0) is 30.5 Å². The van der Waals surface area contributed by atoms with Crippen LogP contribution in [0.2, 0.25) is 36.3 Å². The first-order valence-corrected chi connectivity index (χ1v) is 24.4. The summed E-state index contributed by atoms with van der Waals surface area (Å²) < 4.78 is 42.3. The predicted octanol–water partition coefficient (Wildman–Crippen LogP) is 8.39. The second kappa shape index (κ2) is 15.8. The Hall–Kier alpha value is -3.79. The largest absolute Gasteiger partial charge is 0.497 e. The Labute approximate surface area is 322 Å². The van der Waals surface area contributed by atoms with E-state index in [1.54, 1.807) is 14.2 Å². The Kier molecular flexibility index (Phi) is 12.1. The standard InChI is InChI=1S/C42H58N2O8Si2/c1-40(2,3)53(9,10)51-35-36(52-54(11,12)41(4,5)6)38(44-27-26-34(45)43-39(44)46)50-37(35)42(30-18-22-32(47-7)23-19-30,31-20-24-33(48-8)25-21-31)49-28-29-16-14-13-15-17-29/h13-27,35-38H,28H2,1-12H3,(H,43,45,46). The third kappa shape index (κ3) is 8.39. The Bertz CT molecular complexity index is 1920. The monoisotopic (exact) mass is 774 g/mol. The second-order valence-corrected chi connectivity index (χ2v) is 26.6. The predicted molar refractivity (Wildman–Crippen MR) is 217 cm³/mol. The molecule has 1 aliphatic rings. The van der Waals surface area contributed by atoms with Gasteiger partial charge in [0, 0.05) is 12.3 Å². The van der Waals surface area contributed by atoms with Crippen molar-refractivity contribution in [3.8, 4) is 11.5 Å². The van der Waals surface area contributed by atoms with Gasteiger partial charge in [0.2, 0.25) is 0 Å². The van der Waals surface area contributed by atoms with Crippen molar-refractivity contribution in [2.75, 3.05) is 14.2 Å². The summed E-state index contributed by atoms with van der Waals surface area (Å²) in [6, 6.07) is 26.9. The number of nitrogens with zero attached hydrogens (tertiary/aromatic N) is 1. The molecule has 1 aliphatic heterocycles. The Morgan fingerprint density at radius 1 is 0.685 bits per heavy atom. The lowest BCUT2D eigenvalue weighted by Gasteiger charge is -2.47. The highest BCUT2D eigenvalue weighted by atomic mass is 28.4. The highest BCUT2D eigenvalue weighted by molar-refractivity contribution is 6.74. The third-order valence-electron chi connectivity index (χ3n) is 11.5. The van der Waals surface area contributed by atoms with Crippen molar-refractivity contribution in [3.63, 3.8) is 0 Å². The van der Waals surface area contributed by atoms with E-state index in [0.717, 1.165) is 16.7 Å². The van der Waals surface area contributed by atoms with Crippen LogP contribution in [0.25, 0.3) is 0 Å². The minimum absolute atomic E-state index is 0.194. The summed E-state index contributed by atoms with van der Waals surface area (Å²) in [7, 11) is -1.93. The summed E-state index contributed by atoms with van der Waals surface area (Å²) in [6.45, 7) is 22.1. The van der Waals surface area contributed by atoms with Crippen LogP contribution in [0.5, 0.6) is 11.5 Å². The number of H-pyrrole nitrogens is 1. The average Bonchev–Trinajstić information content (AvgIpc) is 3.44. The fourth-order valence-corrected chi connectivity index (χ4v) is 8.88. The van der Waals surface area contributed by atoms with Crippen LogP contribution in [-0.4, -0.2) is 58.7 Å². The number of rotatable bonds is 13. The van der Waals surface area contributed by atoms with E-state index in [4.69, 9.17) is 27.8 Å². The van der Waals surface area contributed by atoms with Crippen molar-refractivity contribution in [3.05, 3.63) is 129 Å². The number of hydrogen-bond donors (Lipinski definition) is 1. The lowest BCUT2D eigenvalue weighted by Crippen LogP contribution is -2.57. The Balaban J connectivity index is 1.87. The van der Waals surface area contributed by atoms with Crippen LogP contribution >= 0.6 is 0 Å². The van der Waals surface area contributed by atoms with Crippen LogP contribution in [0, 0.1) is 0 Å². The molecule has 292 valence electrons. The zero-order valence-corrected chi connectivity index (χ0v) is 35.9. The summed E-state index contributed by atoms with van der Waals surface area (Å²) in [5, 5.41) is -0.389. The summed E-state index contributed by atoms with van der Waals surface area (Å²) in [4.78, 5) is 28.6. The Morgan fingerprint density at radius 2 is 1.17 bits per heavy atom. The quantitative estimate of drug-likeness (QED) is 0.135. The van der Waals surface area contributed by atoms with E-state index in [1.165, 1.54) is 16.8 Å². The molecule has 1 saturated heterocycles. The fourth-order valence-electron chi connectivity index (χ4n) is 6.30. The van der Waals surface area contributed by atoms with Gasteiger partial charge >= 0.3 is 5.69 Å². The fraction of sp³-hybridized carbons (Fsp3) is 0.476. The number of hydrogen-bond acceptors (Lipinski definition) is 8. The molecule has 54 heavy (non-hydrogen) atoms. The van der Waals surface area contributed by atoms with Crippen molar-refractivity contribution in [1.29, 1.82) is 0 Å². The Morgan fingerprint density at radius 3 is 1.61 bits per heavy atom. The second-order valence-electron chi connectivity index (χ2n) is 17.1. The van der Waals surface area contributed by atoms with E-state index in [2.05, 4.69) is 72.7 Å². The topological polar surface area (TPSA) is 110 Å². The molecule has 4 atom stereocenters. The van der Waals surface area contributed by atoms with Crippen molar-refractivity contribution >= 4 is 16.6 Å². The van der Waals surface area contributed by atoms with Crippen LogP contribution < -0.4 is 20.7 Å². The minimum Gasteiger partial charge on any atom is -0.497 e. The van der Waals surface area contributed by atoms with Crippen molar-refractivity contribution in [2.45, 2.75) is 115 Å². The summed E-state index contributed by atoms with van der Waals surface area (Å²) in [5.41, 5.74) is 0.104. The molecule has 0 bridgehead atoms. The van der Waals surface area contributed by atoms with Crippen LogP contribution in [0.4, 0.5) is 0 Å². The van der Waals surface area contributed by atoms with Gasteiger partial charge in [0.05, 0.1) is 20.8 Å². The molecule has 1 N–H and O–H groups in total. The molecule has 5 rings (SSSR count).